The van der Waals surface area contributed by atoms with Gasteiger partial charge in [-0.3, -0.25) is 9.59 Å². The molecule has 2 unspecified atom stereocenters. The highest BCUT2D eigenvalue weighted by Crippen LogP contribution is 2.30. The molecule has 2 atom stereocenters. The molecule has 1 saturated carbocycles. The summed E-state index contributed by atoms with van der Waals surface area (Å²) in [5.41, 5.74) is 5.38. The van der Waals surface area contributed by atoms with Crippen LogP contribution in [0.25, 0.3) is 0 Å². The second kappa shape index (κ2) is 6.36. The van der Waals surface area contributed by atoms with Crippen LogP contribution in [-0.4, -0.2) is 28.5 Å². The van der Waals surface area contributed by atoms with E-state index in [4.69, 9.17) is 5.73 Å². The number of hydrogen-bond acceptors (Lipinski definition) is 4. The molecule has 0 aliphatic heterocycles. The van der Waals surface area contributed by atoms with Crippen LogP contribution in [0.2, 0.25) is 0 Å². The fraction of sp³-hybridized carbons (Fsp3) is 0.500. The third-order valence-corrected chi connectivity index (χ3v) is 3.77. The van der Waals surface area contributed by atoms with Crippen LogP contribution in [0.5, 0.6) is 0 Å². The number of carbonyl (C=O) groups excluding carboxylic acids is 1. The Hall–Kier alpha value is -2.11. The Balaban J connectivity index is 1.98. The molecule has 1 aliphatic carbocycles. The van der Waals surface area contributed by atoms with Crippen LogP contribution in [0.3, 0.4) is 0 Å². The van der Waals surface area contributed by atoms with Gasteiger partial charge in [-0.1, -0.05) is 18.9 Å². The zero-order valence-electron chi connectivity index (χ0n) is 11.2. The number of nitrogens with one attached hydrogen (secondary N) is 1. The van der Waals surface area contributed by atoms with Crippen molar-refractivity contribution in [1.29, 1.82) is 0 Å². The first-order valence-corrected chi connectivity index (χ1v) is 6.81. The normalized spacial score (nSPS) is 22.2. The summed E-state index contributed by atoms with van der Waals surface area (Å²) in [6.07, 6.45) is 3.67. The summed E-state index contributed by atoms with van der Waals surface area (Å²) >= 11 is 0. The van der Waals surface area contributed by atoms with E-state index in [-0.39, 0.29) is 17.5 Å². The monoisotopic (exact) mass is 277 g/mol. The molecule has 0 spiro atoms. The summed E-state index contributed by atoms with van der Waals surface area (Å²) in [7, 11) is 0. The first-order chi connectivity index (χ1) is 9.58. The molecule has 1 amide bonds. The van der Waals surface area contributed by atoms with Gasteiger partial charge < -0.3 is 16.2 Å². The van der Waals surface area contributed by atoms with Gasteiger partial charge in [0.2, 0.25) is 0 Å². The van der Waals surface area contributed by atoms with Gasteiger partial charge in [-0.2, -0.15) is 0 Å². The van der Waals surface area contributed by atoms with E-state index >= 15 is 0 Å². The zero-order chi connectivity index (χ0) is 14.5. The van der Waals surface area contributed by atoms with Gasteiger partial charge in [-0.05, 0) is 30.9 Å². The molecule has 1 aliphatic rings. The number of amides is 1. The Morgan fingerprint density at radius 2 is 2.10 bits per heavy atom. The van der Waals surface area contributed by atoms with Gasteiger partial charge in [0.05, 0.1) is 5.92 Å². The van der Waals surface area contributed by atoms with E-state index in [2.05, 4.69) is 10.3 Å². The van der Waals surface area contributed by atoms with Gasteiger partial charge in [0.25, 0.3) is 5.91 Å². The molecule has 108 valence electrons. The van der Waals surface area contributed by atoms with Crippen LogP contribution in [0.4, 0.5) is 5.82 Å². The van der Waals surface area contributed by atoms with Crippen molar-refractivity contribution < 1.29 is 14.7 Å². The van der Waals surface area contributed by atoms with Crippen molar-refractivity contribution in [3.63, 3.8) is 0 Å². The molecule has 4 N–H and O–H groups in total. The number of nitrogens with zero attached hydrogens (tertiary/aromatic N) is 1. The van der Waals surface area contributed by atoms with Crippen LogP contribution in [0.1, 0.15) is 36.2 Å². The SMILES string of the molecule is NC(=O)c1cccc(NCC2CCCCC2C(=O)O)n1. The minimum atomic E-state index is -0.727. The predicted octanol–water partition coefficient (Wildman–Crippen LogP) is 1.48. The number of aromatic nitrogens is 1. The lowest BCUT2D eigenvalue weighted by Gasteiger charge is -2.28. The van der Waals surface area contributed by atoms with Crippen molar-refractivity contribution in [2.45, 2.75) is 25.7 Å². The maximum absolute atomic E-state index is 11.2. The molecule has 2 rings (SSSR count). The van der Waals surface area contributed by atoms with E-state index < -0.39 is 11.9 Å². The molecule has 0 bridgehead atoms. The largest absolute Gasteiger partial charge is 0.481 e. The molecule has 20 heavy (non-hydrogen) atoms. The number of carbonyl (C=O) groups is 2. The van der Waals surface area contributed by atoms with Gasteiger partial charge in [-0.25, -0.2) is 4.98 Å². The van der Waals surface area contributed by atoms with E-state index in [0.29, 0.717) is 12.4 Å². The molecular formula is C14H19N3O3. The average molecular weight is 277 g/mol. The molecule has 6 heteroatoms. The number of aliphatic carboxylic acids is 1. The molecule has 0 aromatic carbocycles. The first kappa shape index (κ1) is 14.3. The molecule has 1 fully saturated rings. The molecule has 1 aromatic heterocycles. The summed E-state index contributed by atoms with van der Waals surface area (Å²) in [6, 6.07) is 4.99. The van der Waals surface area contributed by atoms with Crippen molar-refractivity contribution in [1.82, 2.24) is 4.98 Å². The van der Waals surface area contributed by atoms with E-state index in [1.807, 2.05) is 0 Å². The zero-order valence-corrected chi connectivity index (χ0v) is 11.2. The van der Waals surface area contributed by atoms with Crippen LogP contribution in [0, 0.1) is 11.8 Å². The van der Waals surface area contributed by atoms with Gasteiger partial charge in [0.1, 0.15) is 11.5 Å². The summed E-state index contributed by atoms with van der Waals surface area (Å²) in [5, 5.41) is 12.3. The van der Waals surface area contributed by atoms with Crippen LogP contribution in [0.15, 0.2) is 18.2 Å². The first-order valence-electron chi connectivity index (χ1n) is 6.81. The van der Waals surface area contributed by atoms with Crippen molar-refractivity contribution >= 4 is 17.7 Å². The van der Waals surface area contributed by atoms with E-state index in [9.17, 15) is 14.7 Å². The van der Waals surface area contributed by atoms with Crippen LogP contribution < -0.4 is 11.1 Å². The summed E-state index contributed by atoms with van der Waals surface area (Å²) in [4.78, 5) is 26.4. The quantitative estimate of drug-likeness (QED) is 0.756. The number of carboxylic acids is 1. The van der Waals surface area contributed by atoms with Crippen LogP contribution in [-0.2, 0) is 4.79 Å². The number of nitrogens with two attached hydrogens (primary N) is 1. The molecule has 1 heterocycles. The Kier molecular flexibility index (Phi) is 4.55. The predicted molar refractivity (Wildman–Crippen MR) is 74.3 cm³/mol. The molecule has 0 radical (unpaired) electrons. The second-order valence-corrected chi connectivity index (χ2v) is 5.14. The highest BCUT2D eigenvalue weighted by atomic mass is 16.4. The Morgan fingerprint density at radius 1 is 1.35 bits per heavy atom. The molecule has 1 aromatic rings. The lowest BCUT2D eigenvalue weighted by molar-refractivity contribution is -0.144. The third kappa shape index (κ3) is 3.46. The topological polar surface area (TPSA) is 105 Å². The maximum Gasteiger partial charge on any atom is 0.306 e. The number of carboxylic acid groups (broad SMARTS) is 1. The fourth-order valence-corrected chi connectivity index (χ4v) is 2.68. The number of pyridine rings is 1. The molecular weight excluding hydrogens is 258 g/mol. The van der Waals surface area contributed by atoms with E-state index in [1.165, 1.54) is 0 Å². The van der Waals surface area contributed by atoms with Gasteiger partial charge in [-0.15, -0.1) is 0 Å². The third-order valence-electron chi connectivity index (χ3n) is 3.77. The number of primary amides is 1. The van der Waals surface area contributed by atoms with Gasteiger partial charge >= 0.3 is 5.97 Å². The fourth-order valence-electron chi connectivity index (χ4n) is 2.68. The van der Waals surface area contributed by atoms with Crippen molar-refractivity contribution in [3.05, 3.63) is 23.9 Å². The minimum absolute atomic E-state index is 0.0975. The Bertz CT molecular complexity index is 504. The average Bonchev–Trinajstić information content (AvgIpc) is 2.45. The number of rotatable bonds is 5. The van der Waals surface area contributed by atoms with Crippen molar-refractivity contribution in [2.75, 3.05) is 11.9 Å². The number of anilines is 1. The summed E-state index contributed by atoms with van der Waals surface area (Å²) in [5.74, 6) is -0.947. The maximum atomic E-state index is 11.2. The highest BCUT2D eigenvalue weighted by molar-refractivity contribution is 5.91. The smallest absolute Gasteiger partial charge is 0.306 e. The molecule has 0 saturated heterocycles. The standard InChI is InChI=1S/C14H19N3O3/c15-13(18)11-6-3-7-12(17-11)16-8-9-4-1-2-5-10(9)14(19)20/h3,6-7,9-10H,1-2,4-5,8H2,(H2,15,18)(H,16,17)(H,19,20). The summed E-state index contributed by atoms with van der Waals surface area (Å²) in [6.45, 7) is 0.548. The Labute approximate surface area is 117 Å². The van der Waals surface area contributed by atoms with Crippen molar-refractivity contribution in [2.24, 2.45) is 17.6 Å². The van der Waals surface area contributed by atoms with E-state index in [1.54, 1.807) is 18.2 Å². The van der Waals surface area contributed by atoms with Crippen LogP contribution >= 0.6 is 0 Å². The lowest BCUT2D eigenvalue weighted by Crippen LogP contribution is -2.32. The second-order valence-electron chi connectivity index (χ2n) is 5.14. The molecule has 6 nitrogen and oxygen atoms in total. The van der Waals surface area contributed by atoms with E-state index in [0.717, 1.165) is 25.7 Å². The van der Waals surface area contributed by atoms with Gasteiger partial charge in [0.15, 0.2) is 0 Å². The Morgan fingerprint density at radius 3 is 2.80 bits per heavy atom. The number of hydrogen-bond donors (Lipinski definition) is 3. The van der Waals surface area contributed by atoms with Crippen molar-refractivity contribution in [3.8, 4) is 0 Å². The minimum Gasteiger partial charge on any atom is -0.481 e. The lowest BCUT2D eigenvalue weighted by atomic mass is 9.79. The summed E-state index contributed by atoms with van der Waals surface area (Å²) < 4.78 is 0. The highest BCUT2D eigenvalue weighted by Gasteiger charge is 2.30. The van der Waals surface area contributed by atoms with Gasteiger partial charge in [0, 0.05) is 6.54 Å².